The molecule has 3 aromatic rings. The van der Waals surface area contributed by atoms with E-state index in [2.05, 4.69) is 6.07 Å². The zero-order valence-electron chi connectivity index (χ0n) is 15.6. The van der Waals surface area contributed by atoms with Crippen molar-refractivity contribution < 1.29 is 9.59 Å². The second-order valence-electron chi connectivity index (χ2n) is 7.00. The summed E-state index contributed by atoms with van der Waals surface area (Å²) in [6, 6.07) is 17.6. The Hall–Kier alpha value is -3.18. The first-order valence-corrected chi connectivity index (χ1v) is 9.75. The number of benzene rings is 2. The van der Waals surface area contributed by atoms with Crippen LogP contribution in [0.25, 0.3) is 0 Å². The molecule has 29 heavy (non-hydrogen) atoms. The van der Waals surface area contributed by atoms with Gasteiger partial charge in [-0.05, 0) is 47.9 Å². The summed E-state index contributed by atoms with van der Waals surface area (Å²) in [5, 5.41) is 0.494. The number of rotatable bonds is 4. The lowest BCUT2D eigenvalue weighted by atomic mass is 9.97. The van der Waals surface area contributed by atoms with Crippen molar-refractivity contribution in [3.63, 3.8) is 0 Å². The largest absolute Gasteiger partial charge is 0.336 e. The first-order chi connectivity index (χ1) is 14.0. The number of carbonyl (C=O) groups excluding carboxylic acids is 2. The Morgan fingerprint density at radius 2 is 1.59 bits per heavy atom. The van der Waals surface area contributed by atoms with E-state index in [1.165, 1.54) is 22.4 Å². The SMILES string of the molecule is O=C(c1ccc(Cl)cc1)C(C(=O)N1CCc2ccccc2C1)n1ccccc1=O. The highest BCUT2D eigenvalue weighted by molar-refractivity contribution is 6.30. The quantitative estimate of drug-likeness (QED) is 0.492. The van der Waals surface area contributed by atoms with Crippen LogP contribution in [0, 0.1) is 0 Å². The van der Waals surface area contributed by atoms with Crippen molar-refractivity contribution in [3.8, 4) is 0 Å². The van der Waals surface area contributed by atoms with Crippen LogP contribution in [0.2, 0.25) is 5.02 Å². The van der Waals surface area contributed by atoms with Crippen molar-refractivity contribution in [1.29, 1.82) is 0 Å². The lowest BCUT2D eigenvalue weighted by Crippen LogP contribution is -2.45. The van der Waals surface area contributed by atoms with Gasteiger partial charge in [-0.15, -0.1) is 0 Å². The van der Waals surface area contributed by atoms with Gasteiger partial charge in [0.15, 0.2) is 11.8 Å². The molecule has 1 aliphatic rings. The minimum Gasteiger partial charge on any atom is -0.336 e. The molecule has 0 saturated carbocycles. The van der Waals surface area contributed by atoms with Crippen LogP contribution in [0.1, 0.15) is 27.5 Å². The molecule has 1 aliphatic heterocycles. The number of hydrogen-bond donors (Lipinski definition) is 0. The average molecular weight is 407 g/mol. The van der Waals surface area contributed by atoms with Crippen LogP contribution in [0.4, 0.5) is 0 Å². The molecule has 1 unspecified atom stereocenters. The van der Waals surface area contributed by atoms with E-state index in [9.17, 15) is 14.4 Å². The maximum atomic E-state index is 13.5. The average Bonchev–Trinajstić information content (AvgIpc) is 2.75. The van der Waals surface area contributed by atoms with Crippen LogP contribution in [-0.4, -0.2) is 27.7 Å². The van der Waals surface area contributed by atoms with Crippen LogP contribution in [0.15, 0.2) is 77.7 Å². The smallest absolute Gasteiger partial charge is 0.254 e. The zero-order valence-corrected chi connectivity index (χ0v) is 16.4. The summed E-state index contributed by atoms with van der Waals surface area (Å²) in [6.07, 6.45) is 2.20. The first-order valence-electron chi connectivity index (χ1n) is 9.37. The van der Waals surface area contributed by atoms with Gasteiger partial charge in [-0.1, -0.05) is 41.9 Å². The van der Waals surface area contributed by atoms with Crippen molar-refractivity contribution in [2.24, 2.45) is 0 Å². The molecule has 0 fully saturated rings. The maximum absolute atomic E-state index is 13.5. The van der Waals surface area contributed by atoms with Gasteiger partial charge >= 0.3 is 0 Å². The minimum atomic E-state index is -1.25. The van der Waals surface area contributed by atoms with Gasteiger partial charge in [0.1, 0.15) is 0 Å². The number of Topliss-reactive ketones (excluding diaryl/α,β-unsaturated/α-hetero) is 1. The molecule has 4 rings (SSSR count). The number of aromatic nitrogens is 1. The highest BCUT2D eigenvalue weighted by atomic mass is 35.5. The van der Waals surface area contributed by atoms with Crippen LogP contribution in [-0.2, 0) is 17.8 Å². The molecule has 6 heteroatoms. The number of amides is 1. The molecule has 0 radical (unpaired) electrons. The van der Waals surface area contributed by atoms with Crippen molar-refractivity contribution in [1.82, 2.24) is 9.47 Å². The fraction of sp³-hybridized carbons (Fsp3) is 0.174. The van der Waals surface area contributed by atoms with E-state index >= 15 is 0 Å². The summed E-state index contributed by atoms with van der Waals surface area (Å²) in [4.78, 5) is 40.9. The van der Waals surface area contributed by atoms with Gasteiger partial charge in [0.25, 0.3) is 11.5 Å². The van der Waals surface area contributed by atoms with Crippen molar-refractivity contribution >= 4 is 23.3 Å². The Kier molecular flexibility index (Phi) is 5.32. The summed E-state index contributed by atoms with van der Waals surface area (Å²) in [5.74, 6) is -0.813. The third-order valence-electron chi connectivity index (χ3n) is 5.18. The van der Waals surface area contributed by atoms with Crippen molar-refractivity contribution in [2.45, 2.75) is 19.0 Å². The summed E-state index contributed by atoms with van der Waals surface area (Å²) >= 11 is 5.93. The van der Waals surface area contributed by atoms with Crippen LogP contribution >= 0.6 is 11.6 Å². The van der Waals surface area contributed by atoms with Crippen LogP contribution in [0.5, 0.6) is 0 Å². The second kappa shape index (κ2) is 8.05. The summed E-state index contributed by atoms with van der Waals surface area (Å²) in [5.41, 5.74) is 2.20. The fourth-order valence-corrected chi connectivity index (χ4v) is 3.77. The van der Waals surface area contributed by atoms with Crippen molar-refractivity contribution in [3.05, 3.63) is 105 Å². The third-order valence-corrected chi connectivity index (χ3v) is 5.43. The monoisotopic (exact) mass is 406 g/mol. The number of halogens is 1. The fourth-order valence-electron chi connectivity index (χ4n) is 3.64. The summed E-state index contributed by atoms with van der Waals surface area (Å²) in [6.45, 7) is 0.919. The highest BCUT2D eigenvalue weighted by Crippen LogP contribution is 2.23. The molecule has 1 amide bonds. The van der Waals surface area contributed by atoms with E-state index in [0.29, 0.717) is 30.1 Å². The highest BCUT2D eigenvalue weighted by Gasteiger charge is 2.34. The van der Waals surface area contributed by atoms with E-state index in [4.69, 9.17) is 11.6 Å². The molecule has 0 aliphatic carbocycles. The molecule has 2 heterocycles. The number of carbonyl (C=O) groups is 2. The van der Waals surface area contributed by atoms with Gasteiger partial charge in [-0.25, -0.2) is 0 Å². The van der Waals surface area contributed by atoms with Gasteiger partial charge in [0, 0.05) is 35.9 Å². The molecule has 1 aromatic heterocycles. The number of hydrogen-bond acceptors (Lipinski definition) is 3. The normalized spacial score (nSPS) is 14.2. The van der Waals surface area contributed by atoms with E-state index in [1.54, 1.807) is 41.3 Å². The molecule has 0 bridgehead atoms. The van der Waals surface area contributed by atoms with E-state index < -0.39 is 17.4 Å². The Labute approximate surface area is 173 Å². The predicted octanol–water partition coefficient (Wildman–Crippen LogP) is 3.51. The molecule has 1 atom stereocenters. The Morgan fingerprint density at radius 1 is 0.897 bits per heavy atom. The zero-order chi connectivity index (χ0) is 20.4. The molecule has 0 saturated heterocycles. The second-order valence-corrected chi connectivity index (χ2v) is 7.43. The van der Waals surface area contributed by atoms with E-state index in [0.717, 1.165) is 5.56 Å². The first kappa shape index (κ1) is 19.2. The van der Waals surface area contributed by atoms with Gasteiger partial charge < -0.3 is 4.90 Å². The number of nitrogens with zero attached hydrogens (tertiary/aromatic N) is 2. The number of fused-ring (bicyclic) bond motifs is 1. The van der Waals surface area contributed by atoms with Gasteiger partial charge in [0.2, 0.25) is 0 Å². The molecular formula is C23H19ClN2O3. The lowest BCUT2D eigenvalue weighted by molar-refractivity contribution is -0.134. The Balaban J connectivity index is 1.72. The van der Waals surface area contributed by atoms with E-state index in [-0.39, 0.29) is 5.91 Å². The number of ketones is 1. The molecular weight excluding hydrogens is 388 g/mol. The molecule has 146 valence electrons. The van der Waals surface area contributed by atoms with Gasteiger partial charge in [-0.2, -0.15) is 0 Å². The minimum absolute atomic E-state index is 0.334. The topological polar surface area (TPSA) is 59.4 Å². The molecule has 0 spiro atoms. The van der Waals surface area contributed by atoms with Gasteiger partial charge in [0.05, 0.1) is 0 Å². The van der Waals surface area contributed by atoms with Crippen LogP contribution in [0.3, 0.4) is 0 Å². The maximum Gasteiger partial charge on any atom is 0.254 e. The van der Waals surface area contributed by atoms with Crippen LogP contribution < -0.4 is 5.56 Å². The number of pyridine rings is 1. The molecule has 5 nitrogen and oxygen atoms in total. The third kappa shape index (κ3) is 3.87. The van der Waals surface area contributed by atoms with Crippen molar-refractivity contribution in [2.75, 3.05) is 6.54 Å². The molecule has 2 aromatic carbocycles. The standard InChI is InChI=1S/C23H19ClN2O3/c24-19-10-8-17(9-11-19)22(28)21(26-13-4-3-7-20(26)27)23(29)25-14-12-16-5-1-2-6-18(16)15-25/h1-11,13,21H,12,14-15H2. The summed E-state index contributed by atoms with van der Waals surface area (Å²) in [7, 11) is 0. The Bertz CT molecular complexity index is 1120. The van der Waals surface area contributed by atoms with Gasteiger partial charge in [-0.3, -0.25) is 19.0 Å². The van der Waals surface area contributed by atoms with E-state index in [1.807, 2.05) is 18.2 Å². The predicted molar refractivity (Wildman–Crippen MR) is 111 cm³/mol. The molecule has 0 N–H and O–H groups in total. The lowest BCUT2D eigenvalue weighted by Gasteiger charge is -2.32. The summed E-state index contributed by atoms with van der Waals surface area (Å²) < 4.78 is 1.21. The Morgan fingerprint density at radius 3 is 2.31 bits per heavy atom.